The lowest BCUT2D eigenvalue weighted by molar-refractivity contribution is -0.148. The average molecular weight is 561 g/mol. The minimum atomic E-state index is -4.80. The van der Waals surface area contributed by atoms with Crippen LogP contribution in [-0.4, -0.2) is 79.8 Å². The van der Waals surface area contributed by atoms with Crippen molar-refractivity contribution < 1.29 is 46.1 Å². The Labute approximate surface area is 218 Å². The van der Waals surface area contributed by atoms with Gasteiger partial charge in [-0.3, -0.25) is 9.69 Å². The van der Waals surface area contributed by atoms with Gasteiger partial charge < -0.3 is 20.4 Å². The molecule has 2 aliphatic heterocycles. The largest absolute Gasteiger partial charge is 0.465 e. The van der Waals surface area contributed by atoms with E-state index < -0.39 is 73.8 Å². The Hall–Kier alpha value is -3.46. The number of hydrogen-bond acceptors (Lipinski definition) is 6. The summed E-state index contributed by atoms with van der Waals surface area (Å²) >= 11 is 0. The van der Waals surface area contributed by atoms with E-state index in [2.05, 4.69) is 15.3 Å². The molecule has 212 valence electrons. The summed E-state index contributed by atoms with van der Waals surface area (Å²) in [7, 11) is 0. The third kappa shape index (κ3) is 6.95. The lowest BCUT2D eigenvalue weighted by Crippen LogP contribution is -2.54. The number of benzene rings is 1. The molecular weight excluding hydrogens is 536 g/mol. The van der Waals surface area contributed by atoms with Crippen LogP contribution >= 0.6 is 0 Å². The van der Waals surface area contributed by atoms with Crippen LogP contribution < -0.4 is 5.32 Å². The van der Waals surface area contributed by atoms with Gasteiger partial charge in [0.2, 0.25) is 5.91 Å². The smallest absolute Gasteiger partial charge is 0.433 e. The number of alkyl halides is 5. The minimum absolute atomic E-state index is 0.0180. The summed E-state index contributed by atoms with van der Waals surface area (Å²) in [5.74, 6) is -4.59. The van der Waals surface area contributed by atoms with Gasteiger partial charge in [-0.1, -0.05) is 0 Å². The number of hydrogen-bond donors (Lipinski definition) is 3. The molecule has 3 heterocycles. The molecule has 4 rings (SSSR count). The lowest BCUT2D eigenvalue weighted by atomic mass is 10.00. The first-order valence-corrected chi connectivity index (χ1v) is 12.0. The average Bonchev–Trinajstić information content (AvgIpc) is 2.84. The molecule has 2 amide bonds. The van der Waals surface area contributed by atoms with E-state index in [1.165, 1.54) is 17.0 Å². The van der Waals surface area contributed by atoms with Crippen LogP contribution in [0.4, 0.5) is 31.1 Å². The quantitative estimate of drug-likeness (QED) is 0.444. The second kappa shape index (κ2) is 11.0. The molecule has 9 nitrogen and oxygen atoms in total. The SMILES string of the molecule is O=C(O)N[C@@H](CC(O)N1CCc2c(nc(-c3ccc(F)cc3)nc2C(F)(F)F)C1)CN1CC(F)(F)CCC1=O. The highest BCUT2D eigenvalue weighted by molar-refractivity contribution is 5.77. The van der Waals surface area contributed by atoms with Gasteiger partial charge in [0.05, 0.1) is 18.3 Å². The molecular formula is C24H25F6N5O4. The summed E-state index contributed by atoms with van der Waals surface area (Å²) in [5, 5.41) is 22.2. The Morgan fingerprint density at radius 3 is 2.49 bits per heavy atom. The standard InChI is InChI=1S/C24H25F6N5O4/c25-14-3-1-13(2-4-14)21-32-17-11-34(8-6-16(17)20(33-21)24(28,29)30)19(37)9-15(31-22(38)39)10-35-12-23(26,27)7-5-18(35)36/h1-4,15,19,31,37H,5-12H2,(H,38,39)/t15-,19?/m0/s1. The Morgan fingerprint density at radius 1 is 1.15 bits per heavy atom. The van der Waals surface area contributed by atoms with Crippen molar-refractivity contribution in [3.8, 4) is 11.4 Å². The number of fused-ring (bicyclic) bond motifs is 1. The predicted molar refractivity (Wildman–Crippen MR) is 123 cm³/mol. The van der Waals surface area contributed by atoms with Gasteiger partial charge in [0, 0.05) is 50.0 Å². The molecule has 0 spiro atoms. The third-order valence-corrected chi connectivity index (χ3v) is 6.63. The fraction of sp³-hybridized carbons (Fsp3) is 0.500. The van der Waals surface area contributed by atoms with Crippen molar-refractivity contribution in [1.29, 1.82) is 0 Å². The minimum Gasteiger partial charge on any atom is -0.465 e. The Balaban J connectivity index is 1.55. The Morgan fingerprint density at radius 2 is 1.85 bits per heavy atom. The molecule has 0 radical (unpaired) electrons. The topological polar surface area (TPSA) is 119 Å². The normalized spacial score (nSPS) is 19.4. The number of aromatic nitrogens is 2. The molecule has 3 N–H and O–H groups in total. The number of nitrogens with one attached hydrogen (secondary N) is 1. The van der Waals surface area contributed by atoms with Crippen LogP contribution in [0.3, 0.4) is 0 Å². The second-order valence-electron chi connectivity index (χ2n) is 9.54. The van der Waals surface area contributed by atoms with E-state index in [0.717, 1.165) is 17.0 Å². The van der Waals surface area contributed by atoms with Crippen molar-refractivity contribution in [3.63, 3.8) is 0 Å². The molecule has 1 aromatic heterocycles. The number of carbonyl (C=O) groups excluding carboxylic acids is 1. The monoisotopic (exact) mass is 561 g/mol. The maximum Gasteiger partial charge on any atom is 0.433 e. The van der Waals surface area contributed by atoms with Gasteiger partial charge in [-0.25, -0.2) is 27.9 Å². The van der Waals surface area contributed by atoms with Crippen LogP contribution in [-0.2, 0) is 23.9 Å². The van der Waals surface area contributed by atoms with Gasteiger partial charge in [-0.05, 0) is 30.7 Å². The first kappa shape index (κ1) is 28.5. The molecule has 0 aliphatic carbocycles. The number of aliphatic hydroxyl groups excluding tert-OH is 1. The van der Waals surface area contributed by atoms with Crippen molar-refractivity contribution in [1.82, 2.24) is 25.1 Å². The van der Waals surface area contributed by atoms with Gasteiger partial charge >= 0.3 is 12.3 Å². The Bertz CT molecular complexity index is 1230. The molecule has 1 unspecified atom stereocenters. The second-order valence-corrected chi connectivity index (χ2v) is 9.54. The van der Waals surface area contributed by atoms with Crippen molar-refractivity contribution >= 4 is 12.0 Å². The van der Waals surface area contributed by atoms with E-state index in [9.17, 15) is 46.1 Å². The van der Waals surface area contributed by atoms with Crippen LogP contribution in [0.5, 0.6) is 0 Å². The summed E-state index contributed by atoms with van der Waals surface area (Å²) in [4.78, 5) is 33.5. The summed E-state index contributed by atoms with van der Waals surface area (Å²) in [6.45, 7) is -1.62. The fourth-order valence-electron chi connectivity index (χ4n) is 4.75. The maximum atomic E-state index is 13.8. The number of nitrogens with zero attached hydrogens (tertiary/aromatic N) is 4. The zero-order valence-corrected chi connectivity index (χ0v) is 20.4. The molecule has 1 aromatic carbocycles. The molecule has 1 fully saturated rings. The molecule has 2 aliphatic rings. The van der Waals surface area contributed by atoms with Crippen molar-refractivity contribution in [2.75, 3.05) is 19.6 Å². The number of amides is 2. The highest BCUT2D eigenvalue weighted by atomic mass is 19.4. The summed E-state index contributed by atoms with van der Waals surface area (Å²) in [6.07, 6.45) is -9.25. The number of piperidine rings is 1. The fourth-order valence-corrected chi connectivity index (χ4v) is 4.75. The van der Waals surface area contributed by atoms with Crippen LogP contribution in [0, 0.1) is 5.82 Å². The zero-order chi connectivity index (χ0) is 28.5. The molecule has 2 aromatic rings. The van der Waals surface area contributed by atoms with Crippen molar-refractivity contribution in [3.05, 3.63) is 47.0 Å². The lowest BCUT2D eigenvalue weighted by Gasteiger charge is -2.37. The van der Waals surface area contributed by atoms with E-state index in [4.69, 9.17) is 0 Å². The van der Waals surface area contributed by atoms with E-state index in [-0.39, 0.29) is 48.6 Å². The van der Waals surface area contributed by atoms with E-state index in [1.54, 1.807) is 0 Å². The summed E-state index contributed by atoms with van der Waals surface area (Å²) in [6, 6.07) is 3.45. The molecule has 39 heavy (non-hydrogen) atoms. The maximum absolute atomic E-state index is 13.8. The van der Waals surface area contributed by atoms with Gasteiger partial charge in [0.15, 0.2) is 11.5 Å². The highest BCUT2D eigenvalue weighted by Crippen LogP contribution is 2.36. The Kier molecular flexibility index (Phi) is 8.02. The van der Waals surface area contributed by atoms with E-state index in [1.807, 2.05) is 0 Å². The molecule has 0 saturated carbocycles. The highest BCUT2D eigenvalue weighted by Gasteiger charge is 2.41. The van der Waals surface area contributed by atoms with Crippen molar-refractivity contribution in [2.24, 2.45) is 0 Å². The van der Waals surface area contributed by atoms with Crippen LogP contribution in [0.25, 0.3) is 11.4 Å². The van der Waals surface area contributed by atoms with Crippen LogP contribution in [0.1, 0.15) is 36.2 Å². The number of aliphatic hydroxyl groups is 1. The molecule has 0 bridgehead atoms. The first-order valence-electron chi connectivity index (χ1n) is 12.0. The summed E-state index contributed by atoms with van der Waals surface area (Å²) in [5.41, 5.74) is -1.17. The number of rotatable bonds is 7. The molecule has 1 saturated heterocycles. The first-order chi connectivity index (χ1) is 18.2. The zero-order valence-electron chi connectivity index (χ0n) is 20.4. The number of carboxylic acid groups (broad SMARTS) is 1. The number of carbonyl (C=O) groups is 2. The molecule has 15 heteroatoms. The van der Waals surface area contributed by atoms with Crippen LogP contribution in [0.2, 0.25) is 0 Å². The van der Waals surface area contributed by atoms with Gasteiger partial charge in [0.1, 0.15) is 12.0 Å². The van der Waals surface area contributed by atoms with E-state index >= 15 is 0 Å². The number of likely N-dealkylation sites (tertiary alicyclic amines) is 1. The van der Waals surface area contributed by atoms with Crippen LogP contribution in [0.15, 0.2) is 24.3 Å². The number of halogens is 6. The van der Waals surface area contributed by atoms with Gasteiger partial charge in [-0.15, -0.1) is 0 Å². The van der Waals surface area contributed by atoms with Crippen molar-refractivity contribution in [2.45, 2.75) is 56.6 Å². The van der Waals surface area contributed by atoms with Gasteiger partial charge in [0.25, 0.3) is 5.92 Å². The van der Waals surface area contributed by atoms with E-state index in [0.29, 0.717) is 0 Å². The third-order valence-electron chi connectivity index (χ3n) is 6.63. The summed E-state index contributed by atoms with van der Waals surface area (Å²) < 4.78 is 82.5. The van der Waals surface area contributed by atoms with Gasteiger partial charge in [-0.2, -0.15) is 13.2 Å². The molecule has 2 atom stereocenters. The predicted octanol–water partition coefficient (Wildman–Crippen LogP) is 3.26.